The van der Waals surface area contributed by atoms with Gasteiger partial charge in [0, 0.05) is 23.2 Å². The number of hydrogen-bond acceptors (Lipinski definition) is 8. The first kappa shape index (κ1) is 32.0. The van der Waals surface area contributed by atoms with Crippen molar-refractivity contribution >= 4 is 60.7 Å². The summed E-state index contributed by atoms with van der Waals surface area (Å²) >= 11 is 12.1. The largest absolute Gasteiger partial charge is 0.504 e. The molecule has 1 heterocycles. The molecule has 2 aliphatic rings. The molecule has 0 aromatic heterocycles. The van der Waals surface area contributed by atoms with Gasteiger partial charge in [-0.25, -0.2) is 21.6 Å². The molecule has 2 N–H and O–H groups in total. The van der Waals surface area contributed by atoms with Gasteiger partial charge in [-0.15, -0.1) is 0 Å². The van der Waals surface area contributed by atoms with Crippen molar-refractivity contribution in [3.8, 4) is 0 Å². The number of aliphatic hydroxyl groups is 1. The summed E-state index contributed by atoms with van der Waals surface area (Å²) in [6.45, 7) is 1.10. The van der Waals surface area contributed by atoms with Crippen molar-refractivity contribution in [1.82, 2.24) is 4.31 Å². The second kappa shape index (κ2) is 12.5. The number of carbonyl (C=O) groups is 2. The van der Waals surface area contributed by atoms with Gasteiger partial charge in [0.15, 0.2) is 11.9 Å². The van der Waals surface area contributed by atoms with E-state index in [1.54, 1.807) is 37.3 Å². The lowest BCUT2D eigenvalue weighted by molar-refractivity contribution is -0.155. The number of benzene rings is 3. The highest BCUT2D eigenvalue weighted by molar-refractivity contribution is 7.92. The fraction of sp³-hybridized carbons (Fsp3) is 0.267. The Morgan fingerprint density at radius 2 is 1.68 bits per heavy atom. The van der Waals surface area contributed by atoms with Gasteiger partial charge >= 0.3 is 5.97 Å². The molecule has 1 aliphatic carbocycles. The number of likely N-dealkylation sites (N-methyl/N-ethyl adjacent to an activating group) is 1. The molecule has 0 bridgehead atoms. The molecule has 0 spiro atoms. The topological polar surface area (TPSA) is 147 Å². The minimum atomic E-state index is -4.15. The van der Waals surface area contributed by atoms with E-state index in [1.807, 2.05) is 0 Å². The summed E-state index contributed by atoms with van der Waals surface area (Å²) in [6.07, 6.45) is -0.163. The summed E-state index contributed by atoms with van der Waals surface area (Å²) < 4.78 is 61.4. The normalized spacial score (nSPS) is 18.3. The molecule has 5 rings (SSSR count). The van der Waals surface area contributed by atoms with Gasteiger partial charge in [0.05, 0.1) is 22.0 Å². The summed E-state index contributed by atoms with van der Waals surface area (Å²) in [5.41, 5.74) is 0.374. The summed E-state index contributed by atoms with van der Waals surface area (Å²) in [5, 5.41) is 11.2. The van der Waals surface area contributed by atoms with Gasteiger partial charge < -0.3 is 9.84 Å². The highest BCUT2D eigenvalue weighted by Crippen LogP contribution is 2.49. The van der Waals surface area contributed by atoms with Gasteiger partial charge in [0.25, 0.3) is 10.0 Å². The van der Waals surface area contributed by atoms with Crippen molar-refractivity contribution in [1.29, 1.82) is 0 Å². The number of Topliss-reactive ketones (excluding diaryl/α,β-unsaturated/α-hetero) is 1. The first-order valence-electron chi connectivity index (χ1n) is 13.6. The highest BCUT2D eigenvalue weighted by Gasteiger charge is 2.46. The summed E-state index contributed by atoms with van der Waals surface area (Å²) in [5.74, 6) is -3.56. The summed E-state index contributed by atoms with van der Waals surface area (Å²) in [6, 6.07) is 17.9. The molecule has 1 aliphatic heterocycles. The van der Waals surface area contributed by atoms with Crippen LogP contribution in [0, 0.1) is 5.92 Å². The second-order valence-electron chi connectivity index (χ2n) is 10.4. The lowest BCUT2D eigenvalue weighted by Crippen LogP contribution is -2.46. The lowest BCUT2D eigenvalue weighted by Gasteiger charge is -2.30. The van der Waals surface area contributed by atoms with Crippen LogP contribution >= 0.6 is 23.2 Å². The van der Waals surface area contributed by atoms with Gasteiger partial charge in [-0.05, 0) is 66.8 Å². The summed E-state index contributed by atoms with van der Waals surface area (Å²) in [4.78, 5) is 26.5. The molecule has 2 atom stereocenters. The highest BCUT2D eigenvalue weighted by atomic mass is 35.5. The monoisotopic (exact) mass is 678 g/mol. The number of nitrogens with zero attached hydrogens (tertiary/aromatic N) is 1. The Balaban J connectivity index is 1.43. The van der Waals surface area contributed by atoms with Crippen molar-refractivity contribution in [3.63, 3.8) is 0 Å². The van der Waals surface area contributed by atoms with E-state index in [0.717, 1.165) is 4.31 Å². The number of ether oxygens (including phenoxy) is 1. The molecule has 14 heteroatoms. The zero-order chi connectivity index (χ0) is 31.8. The van der Waals surface area contributed by atoms with E-state index < -0.39 is 56.1 Å². The van der Waals surface area contributed by atoms with Crippen molar-refractivity contribution in [2.45, 2.75) is 41.6 Å². The molecular weight excluding hydrogens is 651 g/mol. The third-order valence-electron chi connectivity index (χ3n) is 7.44. The molecule has 1 fully saturated rings. The molecule has 232 valence electrons. The number of nitrogens with one attached hydrogen (secondary N) is 1. The number of cyclic esters (lactones) is 1. The maximum absolute atomic E-state index is 13.4. The molecule has 3 aromatic rings. The van der Waals surface area contributed by atoms with Crippen LogP contribution < -0.4 is 4.72 Å². The maximum atomic E-state index is 13.4. The van der Waals surface area contributed by atoms with Crippen LogP contribution in [-0.2, 0) is 34.4 Å². The van der Waals surface area contributed by atoms with Crippen LogP contribution in [0.1, 0.15) is 31.2 Å². The minimum absolute atomic E-state index is 0.0102. The molecular formula is C30H28Cl2N2O8S2. The fourth-order valence-electron chi connectivity index (χ4n) is 5.14. The zero-order valence-electron chi connectivity index (χ0n) is 23.3. The van der Waals surface area contributed by atoms with Crippen molar-refractivity contribution in [3.05, 3.63) is 99.7 Å². The average Bonchev–Trinajstić information content (AvgIpc) is 3.83. The van der Waals surface area contributed by atoms with E-state index in [9.17, 15) is 31.5 Å². The fourth-order valence-corrected chi connectivity index (χ4v) is 8.42. The second-order valence-corrected chi connectivity index (χ2v) is 14.8. The van der Waals surface area contributed by atoms with E-state index in [1.165, 1.54) is 42.5 Å². The third-order valence-corrected chi connectivity index (χ3v) is 11.5. The number of rotatable bonds is 11. The van der Waals surface area contributed by atoms with E-state index in [2.05, 4.69) is 4.72 Å². The Hall–Kier alpha value is -3.42. The molecule has 0 amide bonds. The van der Waals surface area contributed by atoms with Crippen LogP contribution in [0.5, 0.6) is 0 Å². The molecule has 10 nitrogen and oxygen atoms in total. The third kappa shape index (κ3) is 6.50. The lowest BCUT2D eigenvalue weighted by atomic mass is 9.84. The zero-order valence-corrected chi connectivity index (χ0v) is 26.5. The van der Waals surface area contributed by atoms with Gasteiger partial charge in [-0.1, -0.05) is 60.5 Å². The smallest absolute Gasteiger partial charge is 0.339 e. The number of sulfonamides is 2. The number of hydrogen-bond donors (Lipinski definition) is 2. The Bertz CT molecular complexity index is 1860. The Kier molecular flexibility index (Phi) is 9.11. The molecule has 44 heavy (non-hydrogen) atoms. The van der Waals surface area contributed by atoms with Gasteiger partial charge in [-0.2, -0.15) is 4.31 Å². The predicted octanol–water partition coefficient (Wildman–Crippen LogP) is 5.31. The molecule has 0 saturated heterocycles. The number of anilines is 1. The van der Waals surface area contributed by atoms with Crippen molar-refractivity contribution < 1.29 is 36.3 Å². The molecule has 3 aromatic carbocycles. The Morgan fingerprint density at radius 3 is 2.34 bits per heavy atom. The first-order valence-corrected chi connectivity index (χ1v) is 17.3. The quantitative estimate of drug-likeness (QED) is 0.260. The average molecular weight is 680 g/mol. The first-order chi connectivity index (χ1) is 20.8. The maximum Gasteiger partial charge on any atom is 0.339 e. The summed E-state index contributed by atoms with van der Waals surface area (Å²) in [7, 11) is -8.16. The minimum Gasteiger partial charge on any atom is -0.504 e. The SMILES string of the molecule is CCN(CC1OC(=O)C(C(c2cccc(NS(=O)(=O)c3cc(Cl)ccc3Cl)c2)C2CC2)=C(O)C1=O)S(=O)(=O)c1ccccc1. The predicted molar refractivity (Wildman–Crippen MR) is 165 cm³/mol. The van der Waals surface area contributed by atoms with Gasteiger partial charge in [0.2, 0.25) is 15.8 Å². The van der Waals surface area contributed by atoms with E-state index in [-0.39, 0.29) is 43.6 Å². The van der Waals surface area contributed by atoms with Gasteiger partial charge in [-0.3, -0.25) is 9.52 Å². The molecule has 0 radical (unpaired) electrons. The number of aliphatic hydroxyl groups excluding tert-OH is 1. The van der Waals surface area contributed by atoms with Crippen molar-refractivity contribution in [2.75, 3.05) is 17.8 Å². The van der Waals surface area contributed by atoms with Crippen LogP contribution in [-0.4, -0.2) is 57.2 Å². The van der Waals surface area contributed by atoms with Crippen LogP contribution in [0.25, 0.3) is 0 Å². The van der Waals surface area contributed by atoms with Crippen molar-refractivity contribution in [2.24, 2.45) is 5.92 Å². The Morgan fingerprint density at radius 1 is 0.977 bits per heavy atom. The Labute approximate surface area is 265 Å². The number of halogens is 2. The molecule has 1 saturated carbocycles. The van der Waals surface area contributed by atoms with Crippen LogP contribution in [0.15, 0.2) is 93.9 Å². The molecule has 2 unspecified atom stereocenters. The number of carbonyl (C=O) groups excluding carboxylic acids is 2. The van der Waals surface area contributed by atoms with E-state index in [4.69, 9.17) is 27.9 Å². The van der Waals surface area contributed by atoms with Crippen LogP contribution in [0.3, 0.4) is 0 Å². The van der Waals surface area contributed by atoms with E-state index in [0.29, 0.717) is 18.4 Å². The van der Waals surface area contributed by atoms with Crippen LogP contribution in [0.2, 0.25) is 10.0 Å². The standard InChI is InChI=1S/C30H28Cl2N2O8S2/c1-2-34(44(40,41)22-9-4-3-5-10-22)17-24-28(35)29(36)27(30(37)42-24)26(18-11-12-18)19-7-6-8-21(15-19)33-43(38,39)25-16-20(31)13-14-23(25)32/h3-10,13-16,18,24,26,33,36H,2,11-12,17H2,1H3. The van der Waals surface area contributed by atoms with Gasteiger partial charge in [0.1, 0.15) is 4.90 Å². The number of ketones is 1. The number of esters is 1. The van der Waals surface area contributed by atoms with E-state index >= 15 is 0 Å². The van der Waals surface area contributed by atoms with Crippen LogP contribution in [0.4, 0.5) is 5.69 Å².